The summed E-state index contributed by atoms with van der Waals surface area (Å²) < 4.78 is 0. The van der Waals surface area contributed by atoms with Crippen LogP contribution in [0.3, 0.4) is 0 Å². The van der Waals surface area contributed by atoms with Crippen LogP contribution in [0.25, 0.3) is 0 Å². The van der Waals surface area contributed by atoms with Gasteiger partial charge in [0.25, 0.3) is 0 Å². The summed E-state index contributed by atoms with van der Waals surface area (Å²) in [5.74, 6) is -0.248. The minimum absolute atomic E-state index is 0.214. The fraction of sp³-hybridized carbons (Fsp3) is 0.929. The maximum absolute atomic E-state index is 11.3. The van der Waals surface area contributed by atoms with E-state index in [0.29, 0.717) is 0 Å². The normalized spacial score (nSPS) is 18.4. The predicted octanol–water partition coefficient (Wildman–Crippen LogP) is 0.256. The molecule has 0 saturated carbocycles. The molecule has 1 amide bonds. The molecule has 0 spiro atoms. The molecular formula is C14H30N4O. The van der Waals surface area contributed by atoms with E-state index in [-0.39, 0.29) is 18.0 Å². The van der Waals surface area contributed by atoms with Gasteiger partial charge in [0.15, 0.2) is 0 Å². The molecule has 1 unspecified atom stereocenters. The Morgan fingerprint density at radius 2 is 1.95 bits per heavy atom. The van der Waals surface area contributed by atoms with E-state index in [1.54, 1.807) is 0 Å². The second-order valence-corrected chi connectivity index (χ2v) is 5.92. The van der Waals surface area contributed by atoms with E-state index in [0.717, 1.165) is 26.1 Å². The van der Waals surface area contributed by atoms with Crippen molar-refractivity contribution in [2.75, 3.05) is 39.8 Å². The molecule has 5 nitrogen and oxygen atoms in total. The number of amides is 1. The first-order valence-electron chi connectivity index (χ1n) is 7.45. The highest BCUT2D eigenvalue weighted by Crippen LogP contribution is 2.06. The van der Waals surface area contributed by atoms with Gasteiger partial charge in [-0.15, -0.1) is 0 Å². The molecule has 0 radical (unpaired) electrons. The average molecular weight is 270 g/mol. The van der Waals surface area contributed by atoms with Gasteiger partial charge in [0, 0.05) is 19.1 Å². The summed E-state index contributed by atoms with van der Waals surface area (Å²) in [6.07, 6.45) is 3.46. The van der Waals surface area contributed by atoms with Crippen LogP contribution in [-0.4, -0.2) is 67.6 Å². The number of likely N-dealkylation sites (tertiary alicyclic amines) is 1. The summed E-state index contributed by atoms with van der Waals surface area (Å²) in [7, 11) is 2.11. The molecule has 1 aliphatic rings. The van der Waals surface area contributed by atoms with Gasteiger partial charge in [-0.05, 0) is 45.9 Å². The van der Waals surface area contributed by atoms with Gasteiger partial charge >= 0.3 is 0 Å². The van der Waals surface area contributed by atoms with Crippen molar-refractivity contribution >= 4 is 5.91 Å². The third-order valence-electron chi connectivity index (χ3n) is 3.67. The first-order valence-corrected chi connectivity index (χ1v) is 7.45. The minimum atomic E-state index is -0.248. The van der Waals surface area contributed by atoms with Gasteiger partial charge in [0.1, 0.15) is 0 Å². The van der Waals surface area contributed by atoms with Crippen LogP contribution in [0.2, 0.25) is 0 Å². The molecule has 5 heteroatoms. The SMILES string of the molecule is CC(C)NC(CCN(C)CCN1CCCC1)C(N)=O. The Balaban J connectivity index is 2.18. The molecule has 0 aromatic rings. The Hall–Kier alpha value is -0.650. The van der Waals surface area contributed by atoms with Crippen molar-refractivity contribution in [1.29, 1.82) is 0 Å². The molecule has 1 atom stereocenters. The Morgan fingerprint density at radius 1 is 1.32 bits per heavy atom. The standard InChI is InChI=1S/C14H30N4O/c1-12(2)16-13(14(15)19)6-9-17(3)10-11-18-7-4-5-8-18/h12-13,16H,4-11H2,1-3H3,(H2,15,19). The second kappa shape index (κ2) is 8.51. The number of hydrogen-bond donors (Lipinski definition) is 2. The predicted molar refractivity (Wildman–Crippen MR) is 79.0 cm³/mol. The average Bonchev–Trinajstić information content (AvgIpc) is 2.84. The fourth-order valence-electron chi connectivity index (χ4n) is 2.49. The monoisotopic (exact) mass is 270 g/mol. The molecule has 0 bridgehead atoms. The molecule has 112 valence electrons. The number of carbonyl (C=O) groups excluding carboxylic acids is 1. The molecule has 1 aliphatic heterocycles. The zero-order valence-corrected chi connectivity index (χ0v) is 12.7. The largest absolute Gasteiger partial charge is 0.368 e. The highest BCUT2D eigenvalue weighted by molar-refractivity contribution is 5.79. The summed E-state index contributed by atoms with van der Waals surface area (Å²) in [5.41, 5.74) is 5.42. The van der Waals surface area contributed by atoms with Gasteiger partial charge in [0.05, 0.1) is 6.04 Å². The highest BCUT2D eigenvalue weighted by atomic mass is 16.1. The lowest BCUT2D eigenvalue weighted by Gasteiger charge is -2.24. The zero-order valence-electron chi connectivity index (χ0n) is 12.7. The lowest BCUT2D eigenvalue weighted by molar-refractivity contribution is -0.120. The molecule has 1 heterocycles. The van der Waals surface area contributed by atoms with Gasteiger partial charge in [-0.25, -0.2) is 0 Å². The fourth-order valence-corrected chi connectivity index (χ4v) is 2.49. The minimum Gasteiger partial charge on any atom is -0.368 e. The Kier molecular flexibility index (Phi) is 7.34. The maximum atomic E-state index is 11.3. The summed E-state index contributed by atoms with van der Waals surface area (Å²) >= 11 is 0. The van der Waals surface area contributed by atoms with Crippen molar-refractivity contribution in [2.24, 2.45) is 5.73 Å². The van der Waals surface area contributed by atoms with Crippen LogP contribution in [0.5, 0.6) is 0 Å². The van der Waals surface area contributed by atoms with Crippen LogP contribution >= 0.6 is 0 Å². The molecule has 0 aromatic carbocycles. The number of primary amides is 1. The van der Waals surface area contributed by atoms with E-state index in [1.165, 1.54) is 25.9 Å². The molecular weight excluding hydrogens is 240 g/mol. The number of rotatable bonds is 9. The quantitative estimate of drug-likeness (QED) is 0.631. The summed E-state index contributed by atoms with van der Waals surface area (Å²) in [4.78, 5) is 16.1. The van der Waals surface area contributed by atoms with E-state index in [9.17, 15) is 4.79 Å². The molecule has 0 aromatic heterocycles. The smallest absolute Gasteiger partial charge is 0.234 e. The third-order valence-corrected chi connectivity index (χ3v) is 3.67. The third kappa shape index (κ3) is 6.89. The number of likely N-dealkylation sites (N-methyl/N-ethyl adjacent to an activating group) is 1. The van der Waals surface area contributed by atoms with E-state index in [1.807, 2.05) is 13.8 Å². The Morgan fingerprint density at radius 3 is 2.47 bits per heavy atom. The Labute approximate surface area is 117 Å². The van der Waals surface area contributed by atoms with Gasteiger partial charge < -0.3 is 20.9 Å². The van der Waals surface area contributed by atoms with E-state index in [4.69, 9.17) is 5.73 Å². The summed E-state index contributed by atoms with van der Waals surface area (Å²) in [5, 5.41) is 3.22. The molecule has 3 N–H and O–H groups in total. The summed E-state index contributed by atoms with van der Waals surface area (Å²) in [6.45, 7) is 9.66. The van der Waals surface area contributed by atoms with Crippen LogP contribution < -0.4 is 11.1 Å². The molecule has 0 aliphatic carbocycles. The topological polar surface area (TPSA) is 61.6 Å². The first kappa shape index (κ1) is 16.4. The van der Waals surface area contributed by atoms with Crippen LogP contribution in [0, 0.1) is 0 Å². The molecule has 19 heavy (non-hydrogen) atoms. The number of nitrogens with one attached hydrogen (secondary N) is 1. The van der Waals surface area contributed by atoms with E-state index in [2.05, 4.69) is 22.2 Å². The molecule has 1 rings (SSSR count). The molecule has 1 fully saturated rings. The van der Waals surface area contributed by atoms with Crippen LogP contribution in [-0.2, 0) is 4.79 Å². The highest BCUT2D eigenvalue weighted by Gasteiger charge is 2.17. The lowest BCUT2D eigenvalue weighted by atomic mass is 10.1. The number of carbonyl (C=O) groups is 1. The van der Waals surface area contributed by atoms with Crippen molar-refractivity contribution in [3.05, 3.63) is 0 Å². The van der Waals surface area contributed by atoms with Crippen molar-refractivity contribution < 1.29 is 4.79 Å². The van der Waals surface area contributed by atoms with E-state index < -0.39 is 0 Å². The van der Waals surface area contributed by atoms with E-state index >= 15 is 0 Å². The number of nitrogens with zero attached hydrogens (tertiary/aromatic N) is 2. The number of nitrogens with two attached hydrogens (primary N) is 1. The zero-order chi connectivity index (χ0) is 14.3. The van der Waals surface area contributed by atoms with Gasteiger partial charge in [-0.1, -0.05) is 13.8 Å². The molecule has 1 saturated heterocycles. The Bertz CT molecular complexity index is 264. The summed E-state index contributed by atoms with van der Waals surface area (Å²) in [6, 6.07) is 0.0710. The maximum Gasteiger partial charge on any atom is 0.234 e. The van der Waals surface area contributed by atoms with Crippen LogP contribution in [0.4, 0.5) is 0 Å². The van der Waals surface area contributed by atoms with Crippen LogP contribution in [0.15, 0.2) is 0 Å². The van der Waals surface area contributed by atoms with Crippen molar-refractivity contribution in [3.63, 3.8) is 0 Å². The van der Waals surface area contributed by atoms with Crippen molar-refractivity contribution in [1.82, 2.24) is 15.1 Å². The lowest BCUT2D eigenvalue weighted by Crippen LogP contribution is -2.46. The first-order chi connectivity index (χ1) is 8.99. The number of hydrogen-bond acceptors (Lipinski definition) is 4. The van der Waals surface area contributed by atoms with Gasteiger partial charge in [-0.3, -0.25) is 4.79 Å². The van der Waals surface area contributed by atoms with Gasteiger partial charge in [-0.2, -0.15) is 0 Å². The second-order valence-electron chi connectivity index (χ2n) is 5.92. The van der Waals surface area contributed by atoms with Crippen molar-refractivity contribution in [2.45, 2.75) is 45.2 Å². The van der Waals surface area contributed by atoms with Crippen LogP contribution in [0.1, 0.15) is 33.1 Å². The van der Waals surface area contributed by atoms with Gasteiger partial charge in [0.2, 0.25) is 5.91 Å². The van der Waals surface area contributed by atoms with Crippen molar-refractivity contribution in [3.8, 4) is 0 Å².